The second-order valence-electron chi connectivity index (χ2n) is 8.74. The van der Waals surface area contributed by atoms with Crippen LogP contribution in [0.25, 0.3) is 11.1 Å². The lowest BCUT2D eigenvalue weighted by Crippen LogP contribution is -2.29. The highest BCUT2D eigenvalue weighted by molar-refractivity contribution is 5.64. The van der Waals surface area contributed by atoms with Gasteiger partial charge in [-0.15, -0.1) is 0 Å². The van der Waals surface area contributed by atoms with Crippen molar-refractivity contribution in [2.75, 3.05) is 26.2 Å². The first-order valence-corrected chi connectivity index (χ1v) is 12.0. The molecule has 2 aromatic carbocycles. The molecule has 1 aromatic heterocycles. The summed E-state index contributed by atoms with van der Waals surface area (Å²) in [5, 5.41) is 10.5. The maximum Gasteiger partial charge on any atom is 0.122 e. The summed E-state index contributed by atoms with van der Waals surface area (Å²) in [5.41, 5.74) is 3.38. The number of ether oxygens (including phenoxy) is 2. The monoisotopic (exact) mass is 446 g/mol. The molecule has 1 N–H and O–H groups in total. The van der Waals surface area contributed by atoms with Crippen molar-refractivity contribution >= 4 is 0 Å². The molecule has 1 saturated heterocycles. The van der Waals surface area contributed by atoms with Crippen molar-refractivity contribution in [2.45, 2.75) is 44.8 Å². The first-order valence-electron chi connectivity index (χ1n) is 12.0. The molecule has 5 heteroatoms. The number of aryl methyl sites for hydroxylation is 1. The molecule has 0 spiro atoms. The number of benzene rings is 2. The van der Waals surface area contributed by atoms with Gasteiger partial charge in [0.25, 0.3) is 0 Å². The van der Waals surface area contributed by atoms with E-state index in [9.17, 15) is 5.11 Å². The number of hydrogen-bond donors (Lipinski definition) is 1. The number of aliphatic hydroxyl groups is 1. The summed E-state index contributed by atoms with van der Waals surface area (Å²) in [6.07, 6.45) is 6.80. The van der Waals surface area contributed by atoms with Crippen molar-refractivity contribution in [2.24, 2.45) is 0 Å². The summed E-state index contributed by atoms with van der Waals surface area (Å²) in [6.45, 7) is 6.04. The summed E-state index contributed by atoms with van der Waals surface area (Å²) >= 11 is 0. The van der Waals surface area contributed by atoms with Gasteiger partial charge in [-0.3, -0.25) is 9.88 Å². The summed E-state index contributed by atoms with van der Waals surface area (Å²) in [5.74, 6) is 1.67. The van der Waals surface area contributed by atoms with Crippen LogP contribution in [0.15, 0.2) is 73.1 Å². The van der Waals surface area contributed by atoms with Crippen LogP contribution in [0.3, 0.4) is 0 Å². The fraction of sp³-hybridized carbons (Fsp3) is 0.393. The van der Waals surface area contributed by atoms with Crippen LogP contribution in [0.5, 0.6) is 11.5 Å². The highest BCUT2D eigenvalue weighted by atomic mass is 16.5. The van der Waals surface area contributed by atoms with Crippen LogP contribution in [0.1, 0.15) is 31.7 Å². The van der Waals surface area contributed by atoms with Crippen molar-refractivity contribution in [3.8, 4) is 22.6 Å². The van der Waals surface area contributed by atoms with Gasteiger partial charge in [0.1, 0.15) is 24.2 Å². The third-order valence-corrected chi connectivity index (χ3v) is 6.23. The molecule has 174 valence electrons. The average Bonchev–Trinajstić information content (AvgIpc) is 3.38. The number of pyridine rings is 1. The molecule has 0 unspecified atom stereocenters. The van der Waals surface area contributed by atoms with Gasteiger partial charge in [-0.1, -0.05) is 30.3 Å². The van der Waals surface area contributed by atoms with E-state index in [2.05, 4.69) is 22.0 Å². The molecule has 0 saturated carbocycles. The van der Waals surface area contributed by atoms with E-state index in [0.29, 0.717) is 6.42 Å². The molecule has 2 heterocycles. The molecular weight excluding hydrogens is 412 g/mol. The number of aliphatic hydroxyl groups excluding tert-OH is 1. The maximum absolute atomic E-state index is 10.5. The van der Waals surface area contributed by atoms with Crippen LogP contribution in [-0.4, -0.2) is 53.4 Å². The van der Waals surface area contributed by atoms with Gasteiger partial charge >= 0.3 is 0 Å². The highest BCUT2D eigenvalue weighted by Crippen LogP contribution is 2.25. The Morgan fingerprint density at radius 2 is 1.61 bits per heavy atom. The fourth-order valence-electron chi connectivity index (χ4n) is 4.16. The molecule has 1 fully saturated rings. The van der Waals surface area contributed by atoms with Gasteiger partial charge in [-0.25, -0.2) is 0 Å². The average molecular weight is 447 g/mol. The molecule has 5 nitrogen and oxygen atoms in total. The van der Waals surface area contributed by atoms with Crippen molar-refractivity contribution in [3.63, 3.8) is 0 Å². The Morgan fingerprint density at radius 3 is 2.24 bits per heavy atom. The number of nitrogens with zero attached hydrogens (tertiary/aromatic N) is 2. The molecular formula is C28H34N2O3. The molecule has 1 aliphatic rings. The Kier molecular flexibility index (Phi) is 8.34. The van der Waals surface area contributed by atoms with Crippen molar-refractivity contribution in [3.05, 3.63) is 78.6 Å². The number of aromatic nitrogens is 1. The first-order chi connectivity index (χ1) is 16.2. The Morgan fingerprint density at radius 1 is 0.939 bits per heavy atom. The molecule has 4 rings (SSSR count). The van der Waals surface area contributed by atoms with Crippen molar-refractivity contribution in [1.82, 2.24) is 9.88 Å². The predicted molar refractivity (Wildman–Crippen MR) is 132 cm³/mol. The van der Waals surface area contributed by atoms with Gasteiger partial charge in [0.15, 0.2) is 0 Å². The van der Waals surface area contributed by atoms with E-state index in [4.69, 9.17) is 9.47 Å². The smallest absolute Gasteiger partial charge is 0.122 e. The largest absolute Gasteiger partial charge is 0.492 e. The maximum atomic E-state index is 10.5. The van der Waals surface area contributed by atoms with E-state index in [1.54, 1.807) is 6.20 Å². The van der Waals surface area contributed by atoms with Crippen LogP contribution in [0, 0.1) is 0 Å². The lowest BCUT2D eigenvalue weighted by atomic mass is 10.0. The van der Waals surface area contributed by atoms with Gasteiger partial charge in [-0.05, 0) is 92.7 Å². The standard InChI is InChI=1S/C28H34N2O3/c1-22(28(31)15-6-23-5-4-16-29-21-23)33-27-13-9-25(10-14-27)24-7-11-26(12-8-24)32-20-19-30-17-2-3-18-30/h4-5,7-14,16,21-22,28,31H,2-3,6,15,17-20H2,1H3/t22-,28+/m0/s1. The van der Waals surface area contributed by atoms with E-state index in [1.165, 1.54) is 25.9 Å². The normalized spacial score (nSPS) is 15.8. The van der Waals surface area contributed by atoms with Crippen LogP contribution in [-0.2, 0) is 6.42 Å². The van der Waals surface area contributed by atoms with Gasteiger partial charge in [-0.2, -0.15) is 0 Å². The Labute approximate surface area is 197 Å². The Balaban J connectivity index is 1.24. The first kappa shape index (κ1) is 23.3. The lowest BCUT2D eigenvalue weighted by molar-refractivity contribution is 0.0420. The molecule has 0 amide bonds. The van der Waals surface area contributed by atoms with Crippen LogP contribution in [0.2, 0.25) is 0 Å². The minimum atomic E-state index is -0.539. The minimum absolute atomic E-state index is 0.287. The summed E-state index contributed by atoms with van der Waals surface area (Å²) in [4.78, 5) is 6.58. The topological polar surface area (TPSA) is 54.8 Å². The molecule has 0 bridgehead atoms. The second kappa shape index (κ2) is 11.8. The van der Waals surface area contributed by atoms with Crippen molar-refractivity contribution < 1.29 is 14.6 Å². The van der Waals surface area contributed by atoms with Gasteiger partial charge in [0, 0.05) is 18.9 Å². The predicted octanol–water partition coefficient (Wildman–Crippen LogP) is 4.98. The van der Waals surface area contributed by atoms with Gasteiger partial charge in [0.05, 0.1) is 6.10 Å². The fourth-order valence-corrected chi connectivity index (χ4v) is 4.16. The van der Waals surface area contributed by atoms with Crippen LogP contribution in [0.4, 0.5) is 0 Å². The molecule has 2 atom stereocenters. The van der Waals surface area contributed by atoms with E-state index >= 15 is 0 Å². The third-order valence-electron chi connectivity index (χ3n) is 6.23. The SMILES string of the molecule is C[C@H](Oc1ccc(-c2ccc(OCCN3CCCC3)cc2)cc1)[C@H](O)CCc1cccnc1. The lowest BCUT2D eigenvalue weighted by Gasteiger charge is -2.20. The molecule has 0 aliphatic carbocycles. The Hall–Kier alpha value is -2.89. The molecule has 1 aliphatic heterocycles. The second-order valence-corrected chi connectivity index (χ2v) is 8.74. The molecule has 0 radical (unpaired) electrons. The summed E-state index contributed by atoms with van der Waals surface area (Å²) in [7, 11) is 0. The van der Waals surface area contributed by atoms with Crippen LogP contribution < -0.4 is 9.47 Å². The van der Waals surface area contributed by atoms with E-state index in [-0.39, 0.29) is 6.10 Å². The van der Waals surface area contributed by atoms with E-state index in [0.717, 1.165) is 47.8 Å². The number of hydrogen-bond acceptors (Lipinski definition) is 5. The molecule has 33 heavy (non-hydrogen) atoms. The quantitative estimate of drug-likeness (QED) is 0.450. The Bertz CT molecular complexity index is 955. The zero-order valence-corrected chi connectivity index (χ0v) is 19.4. The number of rotatable bonds is 11. The van der Waals surface area contributed by atoms with Gasteiger partial charge < -0.3 is 14.6 Å². The highest BCUT2D eigenvalue weighted by Gasteiger charge is 2.16. The van der Waals surface area contributed by atoms with E-state index < -0.39 is 6.10 Å². The van der Waals surface area contributed by atoms with Crippen molar-refractivity contribution in [1.29, 1.82) is 0 Å². The summed E-state index contributed by atoms with van der Waals surface area (Å²) in [6, 6.07) is 20.2. The zero-order valence-electron chi connectivity index (χ0n) is 19.4. The zero-order chi connectivity index (χ0) is 22.9. The number of likely N-dealkylation sites (tertiary alicyclic amines) is 1. The summed E-state index contributed by atoms with van der Waals surface area (Å²) < 4.78 is 11.9. The minimum Gasteiger partial charge on any atom is -0.492 e. The third kappa shape index (κ3) is 7.04. The molecule has 3 aromatic rings. The van der Waals surface area contributed by atoms with E-state index in [1.807, 2.05) is 61.7 Å². The van der Waals surface area contributed by atoms with Crippen LogP contribution >= 0.6 is 0 Å². The van der Waals surface area contributed by atoms with Gasteiger partial charge in [0.2, 0.25) is 0 Å².